The van der Waals surface area contributed by atoms with Crippen LogP contribution in [0.4, 0.5) is 10.1 Å². The van der Waals surface area contributed by atoms with Crippen molar-refractivity contribution in [2.45, 2.75) is 33.2 Å². The molecule has 1 fully saturated rings. The van der Waals surface area contributed by atoms with Crippen LogP contribution in [0, 0.1) is 17.7 Å². The highest BCUT2D eigenvalue weighted by Gasteiger charge is 2.32. The molecule has 21 heavy (non-hydrogen) atoms. The lowest BCUT2D eigenvalue weighted by Gasteiger charge is -2.35. The van der Waals surface area contributed by atoms with Crippen LogP contribution in [0.15, 0.2) is 22.7 Å². The molecule has 2 rings (SSSR count). The average molecular weight is 358 g/mol. The first-order chi connectivity index (χ1) is 9.86. The molecule has 1 aliphatic heterocycles. The van der Waals surface area contributed by atoms with Gasteiger partial charge in [0.2, 0.25) is 0 Å². The third-order valence-corrected chi connectivity index (χ3v) is 4.71. The van der Waals surface area contributed by atoms with Gasteiger partial charge in [-0.3, -0.25) is 4.79 Å². The highest BCUT2D eigenvalue weighted by Crippen LogP contribution is 2.19. The molecule has 1 unspecified atom stereocenters. The van der Waals surface area contributed by atoms with E-state index in [-0.39, 0.29) is 17.6 Å². The Morgan fingerprint density at radius 2 is 2.00 bits per heavy atom. The minimum atomic E-state index is -0.416. The molecule has 0 bridgehead atoms. The molecule has 1 heterocycles. The van der Waals surface area contributed by atoms with Gasteiger partial charge < -0.3 is 10.2 Å². The Morgan fingerprint density at radius 1 is 1.38 bits per heavy atom. The summed E-state index contributed by atoms with van der Waals surface area (Å²) >= 11 is 3.21. The molecule has 1 aliphatic rings. The first kappa shape index (κ1) is 16.4. The lowest BCUT2D eigenvalue weighted by molar-refractivity contribution is -0.925. The summed E-state index contributed by atoms with van der Waals surface area (Å²) < 4.78 is 14.5. The molecule has 4 atom stereocenters. The maximum Gasteiger partial charge on any atom is 0.282 e. The van der Waals surface area contributed by atoms with Crippen LogP contribution in [0.2, 0.25) is 0 Å². The number of nitrogens with one attached hydrogen (secondary N) is 2. The van der Waals surface area contributed by atoms with E-state index in [1.807, 2.05) is 6.92 Å². The molecule has 1 saturated heterocycles. The number of hydrogen-bond donors (Lipinski definition) is 2. The summed E-state index contributed by atoms with van der Waals surface area (Å²) in [5, 5.41) is 2.71. The van der Waals surface area contributed by atoms with Crippen LogP contribution < -0.4 is 10.2 Å². The monoisotopic (exact) mass is 357 g/mol. The predicted octanol–water partition coefficient (Wildman–Crippen LogP) is 2.48. The van der Waals surface area contributed by atoms with Crippen molar-refractivity contribution in [2.24, 2.45) is 11.8 Å². The lowest BCUT2D eigenvalue weighted by Crippen LogP contribution is -3.18. The largest absolute Gasteiger partial charge is 0.324 e. The maximum absolute atomic E-state index is 13.8. The summed E-state index contributed by atoms with van der Waals surface area (Å²) in [4.78, 5) is 13.6. The first-order valence-electron chi connectivity index (χ1n) is 7.47. The Hall–Kier alpha value is -0.940. The minimum absolute atomic E-state index is 0.118. The van der Waals surface area contributed by atoms with Gasteiger partial charge in [-0.15, -0.1) is 0 Å². The number of likely N-dealkylation sites (tertiary alicyclic amines) is 1. The SMILES string of the molecule is C[C@@H]1C[C@H](C)C[NH+]([C@@H](C)C(=O)Nc2ccc(Br)cc2F)C1. The van der Waals surface area contributed by atoms with Gasteiger partial charge in [-0.1, -0.05) is 29.8 Å². The van der Waals surface area contributed by atoms with E-state index in [4.69, 9.17) is 0 Å². The van der Waals surface area contributed by atoms with Crippen LogP contribution in [0.25, 0.3) is 0 Å². The molecule has 0 spiro atoms. The van der Waals surface area contributed by atoms with Crippen molar-refractivity contribution < 1.29 is 14.1 Å². The van der Waals surface area contributed by atoms with E-state index >= 15 is 0 Å². The van der Waals surface area contributed by atoms with Crippen molar-refractivity contribution in [3.05, 3.63) is 28.5 Å². The molecule has 0 radical (unpaired) electrons. The van der Waals surface area contributed by atoms with Crippen molar-refractivity contribution in [1.29, 1.82) is 0 Å². The van der Waals surface area contributed by atoms with E-state index in [0.29, 0.717) is 16.3 Å². The number of piperidine rings is 1. The van der Waals surface area contributed by atoms with Gasteiger partial charge in [0.05, 0.1) is 18.8 Å². The summed E-state index contributed by atoms with van der Waals surface area (Å²) in [6.45, 7) is 8.39. The normalized spacial score (nSPS) is 27.2. The second kappa shape index (κ2) is 6.88. The molecule has 3 nitrogen and oxygen atoms in total. The smallest absolute Gasteiger partial charge is 0.282 e. The zero-order valence-corrected chi connectivity index (χ0v) is 14.3. The maximum atomic E-state index is 13.8. The van der Waals surface area contributed by atoms with Gasteiger partial charge in [-0.25, -0.2) is 4.39 Å². The van der Waals surface area contributed by atoms with Crippen molar-refractivity contribution in [3.8, 4) is 0 Å². The predicted molar refractivity (Wildman–Crippen MR) is 85.8 cm³/mol. The standard InChI is InChI=1S/C16H22BrFN2O/c1-10-6-11(2)9-20(8-10)12(3)16(21)19-15-5-4-13(17)7-14(15)18/h4-5,7,10-12H,6,8-9H2,1-3H3,(H,19,21)/p+1/t10-,11+,12-/m0/s1. The van der Waals surface area contributed by atoms with Gasteiger partial charge in [0, 0.05) is 16.3 Å². The number of rotatable bonds is 3. The molecular formula is C16H23BrFN2O+. The molecule has 1 aromatic carbocycles. The van der Waals surface area contributed by atoms with Crippen molar-refractivity contribution in [1.82, 2.24) is 0 Å². The first-order valence-corrected chi connectivity index (χ1v) is 8.26. The van der Waals surface area contributed by atoms with Crippen LogP contribution in [0.5, 0.6) is 0 Å². The Labute approximate surface area is 134 Å². The molecule has 2 N–H and O–H groups in total. The molecule has 0 saturated carbocycles. The topological polar surface area (TPSA) is 33.5 Å². The zero-order chi connectivity index (χ0) is 15.6. The van der Waals surface area contributed by atoms with Gasteiger partial charge in [-0.2, -0.15) is 0 Å². The molecule has 1 aromatic rings. The molecule has 116 valence electrons. The van der Waals surface area contributed by atoms with E-state index in [1.165, 1.54) is 17.4 Å². The fourth-order valence-corrected chi connectivity index (χ4v) is 3.54. The fraction of sp³-hybridized carbons (Fsp3) is 0.562. The van der Waals surface area contributed by atoms with E-state index in [1.54, 1.807) is 12.1 Å². The number of amides is 1. The highest BCUT2D eigenvalue weighted by atomic mass is 79.9. The molecular weight excluding hydrogens is 335 g/mol. The summed E-state index contributed by atoms with van der Waals surface area (Å²) in [5.74, 6) is 0.722. The van der Waals surface area contributed by atoms with Crippen LogP contribution in [-0.4, -0.2) is 25.0 Å². The van der Waals surface area contributed by atoms with Crippen molar-refractivity contribution >= 4 is 27.5 Å². The third kappa shape index (κ3) is 4.27. The number of hydrogen-bond acceptors (Lipinski definition) is 1. The van der Waals surface area contributed by atoms with E-state index in [2.05, 4.69) is 35.1 Å². The number of quaternary nitrogens is 1. The fourth-order valence-electron chi connectivity index (χ4n) is 3.20. The van der Waals surface area contributed by atoms with Gasteiger partial charge >= 0.3 is 0 Å². The number of carbonyl (C=O) groups is 1. The quantitative estimate of drug-likeness (QED) is 0.855. The second-order valence-electron chi connectivity index (χ2n) is 6.35. The summed E-state index contributed by atoms with van der Waals surface area (Å²) in [5.41, 5.74) is 0.243. The van der Waals surface area contributed by atoms with E-state index in [9.17, 15) is 9.18 Å². The minimum Gasteiger partial charge on any atom is -0.324 e. The molecule has 0 aromatic heterocycles. The van der Waals surface area contributed by atoms with Crippen molar-refractivity contribution in [2.75, 3.05) is 18.4 Å². The molecule has 5 heteroatoms. The Balaban J connectivity index is 2.02. The van der Waals surface area contributed by atoms with Crippen molar-refractivity contribution in [3.63, 3.8) is 0 Å². The van der Waals surface area contributed by atoms with Gasteiger partial charge in [-0.05, 0) is 31.5 Å². The number of anilines is 1. The second-order valence-corrected chi connectivity index (χ2v) is 7.26. The Kier molecular flexibility index (Phi) is 5.38. The summed E-state index contributed by atoms with van der Waals surface area (Å²) in [7, 11) is 0. The van der Waals surface area contributed by atoms with E-state index < -0.39 is 5.82 Å². The summed E-state index contributed by atoms with van der Waals surface area (Å²) in [6.07, 6.45) is 1.22. The lowest BCUT2D eigenvalue weighted by atomic mass is 9.91. The van der Waals surface area contributed by atoms with Gasteiger partial charge in [0.1, 0.15) is 5.82 Å². The average Bonchev–Trinajstić information content (AvgIpc) is 2.40. The van der Waals surface area contributed by atoms with E-state index in [0.717, 1.165) is 13.1 Å². The number of halogens is 2. The third-order valence-electron chi connectivity index (χ3n) is 4.22. The van der Waals surface area contributed by atoms with Gasteiger partial charge in [0.15, 0.2) is 6.04 Å². The van der Waals surface area contributed by atoms with Gasteiger partial charge in [0.25, 0.3) is 5.91 Å². The number of benzene rings is 1. The molecule has 0 aliphatic carbocycles. The molecule has 1 amide bonds. The van der Waals surface area contributed by atoms with Crippen LogP contribution >= 0.6 is 15.9 Å². The zero-order valence-electron chi connectivity index (χ0n) is 12.7. The Morgan fingerprint density at radius 3 is 2.57 bits per heavy atom. The summed E-state index contributed by atoms with van der Waals surface area (Å²) in [6, 6.07) is 4.50. The highest BCUT2D eigenvalue weighted by molar-refractivity contribution is 9.10. The van der Waals surface area contributed by atoms with Crippen LogP contribution in [0.3, 0.4) is 0 Å². The number of carbonyl (C=O) groups excluding carboxylic acids is 1. The Bertz CT molecular complexity index is 513. The van der Waals surface area contributed by atoms with Crippen LogP contribution in [0.1, 0.15) is 27.2 Å². The van der Waals surface area contributed by atoms with Crippen LogP contribution in [-0.2, 0) is 4.79 Å².